The van der Waals surface area contributed by atoms with Crippen molar-refractivity contribution in [3.05, 3.63) is 70.8 Å². The summed E-state index contributed by atoms with van der Waals surface area (Å²) in [7, 11) is 0. The number of aromatic amines is 2. The van der Waals surface area contributed by atoms with Crippen LogP contribution in [-0.4, -0.2) is 72.9 Å². The van der Waals surface area contributed by atoms with E-state index < -0.39 is 29.9 Å². The number of thiol groups is 3. The number of amides is 2. The van der Waals surface area contributed by atoms with Gasteiger partial charge in [0.05, 0.1) is 22.8 Å². The number of Topliss-reactive ketones (excluding diaryl/α,β-unsaturated/α-hetero) is 1. The van der Waals surface area contributed by atoms with Gasteiger partial charge < -0.3 is 26.3 Å². The quantitative estimate of drug-likeness (QED) is 0.135. The average Bonchev–Trinajstić information content (AvgIpc) is 3.80. The molecule has 220 valence electrons. The molecule has 2 aliphatic heterocycles. The summed E-state index contributed by atoms with van der Waals surface area (Å²) in [4.78, 5) is 55.9. The second-order valence-corrected chi connectivity index (χ2v) is 11.4. The van der Waals surface area contributed by atoms with Crippen molar-refractivity contribution >= 4 is 77.6 Å². The van der Waals surface area contributed by atoms with E-state index in [-0.39, 0.29) is 23.0 Å². The van der Waals surface area contributed by atoms with Crippen molar-refractivity contribution in [1.29, 1.82) is 0 Å². The van der Waals surface area contributed by atoms with Gasteiger partial charge in [-0.3, -0.25) is 24.4 Å². The SMILES string of the molecule is N[C@@H](CS)C(=O)N[C@@H](CS)C(=O)N[C@@H](CS)C(=O)c1c2nc(cc3ccc(cc4nc(cc5ccc1[nH]5)CC4)[nH]3)CC2. The number of nitrogens with zero attached hydrogens (tertiary/aromatic N) is 2. The highest BCUT2D eigenvalue weighted by Gasteiger charge is 2.29. The maximum atomic E-state index is 14.1. The van der Waals surface area contributed by atoms with Crippen LogP contribution < -0.4 is 16.4 Å². The van der Waals surface area contributed by atoms with E-state index in [0.717, 1.165) is 46.5 Å². The highest BCUT2D eigenvalue weighted by Crippen LogP contribution is 2.22. The molecular weight excluding hydrogens is 591 g/mol. The maximum absolute atomic E-state index is 14.1. The molecule has 2 aliphatic rings. The number of aromatic nitrogens is 4. The van der Waals surface area contributed by atoms with Crippen LogP contribution in [-0.2, 0) is 35.3 Å². The number of aryl methyl sites for hydroxylation is 4. The molecule has 5 heterocycles. The third-order valence-electron chi connectivity index (χ3n) is 7.20. The van der Waals surface area contributed by atoms with Gasteiger partial charge in [0.15, 0.2) is 5.78 Å². The molecule has 3 aromatic rings. The van der Waals surface area contributed by atoms with Gasteiger partial charge in [0.2, 0.25) is 11.8 Å². The molecular formula is C29H33N7O3S3. The molecule has 8 bridgehead atoms. The first-order chi connectivity index (χ1) is 20.3. The fourth-order valence-electron chi connectivity index (χ4n) is 4.98. The predicted octanol–water partition coefficient (Wildman–Crippen LogP) is 2.15. The standard InChI is InChI=1S/C29H33N7O3S3/c30-21(12-40)28(38)36-25(14-42)29(39)35-24(13-41)27(37)26-22-7-5-19(33-22)10-17-3-1-15(31-17)9-16-2-4-18(32-16)11-20-6-8-23(26)34-20/h1,3,6,8-11,21,24-25,31,34,40-42H,2,4-5,7,12-14,30H2,(H,35,39)(H,36,38)/t21-,24-,25-/m0/s1. The first kappa shape index (κ1) is 30.2. The molecule has 6 N–H and O–H groups in total. The third-order valence-corrected chi connectivity index (χ3v) is 8.32. The van der Waals surface area contributed by atoms with Gasteiger partial charge in [-0.2, -0.15) is 37.9 Å². The van der Waals surface area contributed by atoms with E-state index in [1.54, 1.807) is 0 Å². The molecule has 0 aliphatic carbocycles. The van der Waals surface area contributed by atoms with Crippen LogP contribution in [0.1, 0.15) is 33.1 Å². The lowest BCUT2D eigenvalue weighted by atomic mass is 10.0. The minimum Gasteiger partial charge on any atom is -0.355 e. The summed E-state index contributed by atoms with van der Waals surface area (Å²) in [5.74, 6) is -1.27. The van der Waals surface area contributed by atoms with Crippen LogP contribution in [0.15, 0.2) is 42.5 Å². The fourth-order valence-corrected chi connectivity index (χ4v) is 5.66. The van der Waals surface area contributed by atoms with Crippen LogP contribution in [0.2, 0.25) is 0 Å². The third kappa shape index (κ3) is 6.86. The Morgan fingerprint density at radius 3 is 1.90 bits per heavy atom. The largest absolute Gasteiger partial charge is 0.355 e. The number of rotatable bonds is 9. The molecule has 3 aromatic heterocycles. The lowest BCUT2D eigenvalue weighted by molar-refractivity contribution is -0.129. The van der Waals surface area contributed by atoms with E-state index in [2.05, 4.69) is 64.6 Å². The van der Waals surface area contributed by atoms with Crippen molar-refractivity contribution in [2.24, 2.45) is 5.73 Å². The van der Waals surface area contributed by atoms with Crippen molar-refractivity contribution in [2.45, 2.75) is 43.8 Å². The van der Waals surface area contributed by atoms with Gasteiger partial charge in [0, 0.05) is 50.9 Å². The van der Waals surface area contributed by atoms with Crippen LogP contribution in [0.25, 0.3) is 22.1 Å². The van der Waals surface area contributed by atoms with Gasteiger partial charge in [-0.05, 0) is 68.1 Å². The maximum Gasteiger partial charge on any atom is 0.244 e. The zero-order valence-corrected chi connectivity index (χ0v) is 25.4. The van der Waals surface area contributed by atoms with Gasteiger partial charge in [-0.25, -0.2) is 0 Å². The summed E-state index contributed by atoms with van der Waals surface area (Å²) >= 11 is 12.6. The number of fused-ring (bicyclic) bond motifs is 8. The summed E-state index contributed by atoms with van der Waals surface area (Å²) in [6, 6.07) is 10.9. The number of carbonyl (C=O) groups is 3. The van der Waals surface area contributed by atoms with Crippen molar-refractivity contribution in [2.75, 3.05) is 17.3 Å². The van der Waals surface area contributed by atoms with Crippen LogP contribution in [0, 0.1) is 0 Å². The van der Waals surface area contributed by atoms with Crippen molar-refractivity contribution in [3.63, 3.8) is 0 Å². The van der Waals surface area contributed by atoms with Crippen molar-refractivity contribution in [3.8, 4) is 0 Å². The summed E-state index contributed by atoms with van der Waals surface area (Å²) < 4.78 is 0. The van der Waals surface area contributed by atoms with Crippen molar-refractivity contribution < 1.29 is 14.4 Å². The first-order valence-corrected chi connectivity index (χ1v) is 15.6. The molecule has 0 radical (unpaired) electrons. The number of nitrogens with two attached hydrogens (primary N) is 1. The highest BCUT2D eigenvalue weighted by molar-refractivity contribution is 7.80. The van der Waals surface area contributed by atoms with Gasteiger partial charge in [0.25, 0.3) is 0 Å². The van der Waals surface area contributed by atoms with Gasteiger partial charge in [-0.15, -0.1) is 0 Å². The van der Waals surface area contributed by atoms with Crippen LogP contribution in [0.4, 0.5) is 0 Å². The monoisotopic (exact) mass is 623 g/mol. The van der Waals surface area contributed by atoms with Crippen LogP contribution in [0.5, 0.6) is 0 Å². The molecule has 0 spiro atoms. The van der Waals surface area contributed by atoms with E-state index in [1.165, 1.54) is 0 Å². The Bertz CT molecular complexity index is 1670. The fraction of sp³-hybridized carbons (Fsp3) is 0.345. The molecule has 10 nitrogen and oxygen atoms in total. The number of hydrogen-bond acceptors (Lipinski definition) is 9. The lowest BCUT2D eigenvalue weighted by Crippen LogP contribution is -2.56. The zero-order valence-electron chi connectivity index (χ0n) is 22.8. The Balaban J connectivity index is 1.56. The Kier molecular flexibility index (Phi) is 9.61. The number of nitrogens with one attached hydrogen (secondary N) is 4. The summed E-state index contributed by atoms with van der Waals surface area (Å²) in [5, 5.41) is 5.32. The first-order valence-electron chi connectivity index (χ1n) is 13.7. The lowest BCUT2D eigenvalue weighted by Gasteiger charge is -2.22. The van der Waals surface area contributed by atoms with E-state index in [1.807, 2.05) is 36.4 Å². The highest BCUT2D eigenvalue weighted by atomic mass is 32.1. The molecule has 42 heavy (non-hydrogen) atoms. The second-order valence-electron chi connectivity index (χ2n) is 10.3. The second kappa shape index (κ2) is 13.4. The molecule has 0 fully saturated rings. The molecule has 2 amide bonds. The van der Waals surface area contributed by atoms with E-state index in [0.29, 0.717) is 29.6 Å². The van der Waals surface area contributed by atoms with Crippen LogP contribution in [0.3, 0.4) is 0 Å². The molecule has 0 saturated carbocycles. The van der Waals surface area contributed by atoms with Crippen molar-refractivity contribution in [1.82, 2.24) is 30.6 Å². The minimum atomic E-state index is -0.995. The predicted molar refractivity (Wildman–Crippen MR) is 174 cm³/mol. The number of hydrogen-bond donors (Lipinski definition) is 8. The van der Waals surface area contributed by atoms with E-state index in [9.17, 15) is 14.4 Å². The average molecular weight is 624 g/mol. The zero-order chi connectivity index (χ0) is 29.8. The Morgan fingerprint density at radius 1 is 0.738 bits per heavy atom. The van der Waals surface area contributed by atoms with E-state index in [4.69, 9.17) is 15.7 Å². The van der Waals surface area contributed by atoms with Gasteiger partial charge in [0.1, 0.15) is 12.1 Å². The molecule has 0 aromatic carbocycles. The summed E-state index contributed by atoms with van der Waals surface area (Å²) in [6.45, 7) is 0. The van der Waals surface area contributed by atoms with Gasteiger partial charge >= 0.3 is 0 Å². The molecule has 3 atom stereocenters. The molecule has 0 unspecified atom stereocenters. The molecule has 13 heteroatoms. The number of ketones is 1. The molecule has 5 rings (SSSR count). The van der Waals surface area contributed by atoms with Gasteiger partial charge in [-0.1, -0.05) is 0 Å². The molecule has 0 saturated heterocycles. The smallest absolute Gasteiger partial charge is 0.244 e. The number of H-pyrrole nitrogens is 2. The van der Waals surface area contributed by atoms with E-state index >= 15 is 0 Å². The normalized spacial score (nSPS) is 15.0. The van der Waals surface area contributed by atoms with Crippen LogP contribution >= 0.6 is 37.9 Å². The Hall–Kier alpha value is -3.26. The number of carbonyl (C=O) groups excluding carboxylic acids is 3. The topological polar surface area (TPSA) is 159 Å². The summed E-state index contributed by atoms with van der Waals surface area (Å²) in [5.41, 5.74) is 12.8. The summed E-state index contributed by atoms with van der Waals surface area (Å²) in [6.07, 6.45) is 2.87. The minimum absolute atomic E-state index is 0.0127. The Labute approximate surface area is 259 Å². The Morgan fingerprint density at radius 2 is 1.29 bits per heavy atom.